The van der Waals surface area contributed by atoms with E-state index in [4.69, 9.17) is 0 Å². The lowest BCUT2D eigenvalue weighted by molar-refractivity contribution is -0.125. The van der Waals surface area contributed by atoms with Crippen LogP contribution in [0.25, 0.3) is 0 Å². The summed E-state index contributed by atoms with van der Waals surface area (Å²) in [4.78, 5) is 11.8. The van der Waals surface area contributed by atoms with E-state index >= 15 is 0 Å². The molecule has 17 heavy (non-hydrogen) atoms. The second-order valence-corrected chi connectivity index (χ2v) is 7.23. The van der Waals surface area contributed by atoms with Crippen molar-refractivity contribution in [2.24, 2.45) is 0 Å². The molecule has 1 atom stereocenters. The lowest BCUT2D eigenvalue weighted by Crippen LogP contribution is -2.26. The minimum absolute atomic E-state index is 0.0469. The normalized spacial score (nSPS) is 24.3. The Morgan fingerprint density at radius 2 is 2.00 bits per heavy atom. The van der Waals surface area contributed by atoms with Gasteiger partial charge >= 0.3 is 0 Å². The molecule has 4 heteroatoms. The van der Waals surface area contributed by atoms with Crippen LogP contribution in [0.3, 0.4) is 0 Å². The van der Waals surface area contributed by atoms with Crippen LogP contribution < -0.4 is 5.30 Å². The summed E-state index contributed by atoms with van der Waals surface area (Å²) in [6.07, 6.45) is 2.86. The first-order chi connectivity index (χ1) is 8.18. The van der Waals surface area contributed by atoms with E-state index in [9.17, 15) is 9.36 Å². The Hall–Kier alpha value is -1.08. The molecule has 1 aromatic rings. The maximum atomic E-state index is 13.0. The Morgan fingerprint density at radius 1 is 1.29 bits per heavy atom. The van der Waals surface area contributed by atoms with Crippen molar-refractivity contribution in [3.63, 3.8) is 0 Å². The van der Waals surface area contributed by atoms with Crippen LogP contribution in [0.1, 0.15) is 26.2 Å². The van der Waals surface area contributed by atoms with Crippen LogP contribution >= 0.6 is 7.29 Å². The molecular weight excluding hydrogens is 233 g/mol. The summed E-state index contributed by atoms with van der Waals surface area (Å²) in [6, 6.07) is 9.42. The van der Waals surface area contributed by atoms with E-state index < -0.39 is 7.29 Å². The fourth-order valence-corrected chi connectivity index (χ4v) is 5.04. The van der Waals surface area contributed by atoms with Crippen molar-refractivity contribution in [2.75, 3.05) is 12.7 Å². The zero-order valence-electron chi connectivity index (χ0n) is 10.1. The summed E-state index contributed by atoms with van der Waals surface area (Å²) >= 11 is 0. The Labute approximate surface area is 102 Å². The van der Waals surface area contributed by atoms with E-state index in [2.05, 4.69) is 6.92 Å². The largest absolute Gasteiger partial charge is 0.295 e. The molecule has 0 saturated carbocycles. The maximum Gasteiger partial charge on any atom is 0.228 e. The minimum Gasteiger partial charge on any atom is -0.295 e. The molecule has 1 amide bonds. The van der Waals surface area contributed by atoms with Crippen molar-refractivity contribution < 1.29 is 9.36 Å². The molecule has 92 valence electrons. The van der Waals surface area contributed by atoms with Gasteiger partial charge in [0.05, 0.1) is 0 Å². The van der Waals surface area contributed by atoms with Gasteiger partial charge < -0.3 is 0 Å². The molecule has 0 bridgehead atoms. The Kier molecular flexibility index (Phi) is 3.68. The first-order valence-corrected chi connectivity index (χ1v) is 7.98. The van der Waals surface area contributed by atoms with Crippen LogP contribution in [0.15, 0.2) is 30.3 Å². The predicted octanol–water partition coefficient (Wildman–Crippen LogP) is 2.62. The van der Waals surface area contributed by atoms with Gasteiger partial charge in [0, 0.05) is 24.4 Å². The van der Waals surface area contributed by atoms with Gasteiger partial charge in [-0.1, -0.05) is 31.5 Å². The van der Waals surface area contributed by atoms with Gasteiger partial charge in [0.2, 0.25) is 13.2 Å². The highest BCUT2D eigenvalue weighted by atomic mass is 31.2. The molecule has 1 fully saturated rings. The standard InChI is InChI=1S/C13H18NO2P/c1-2-3-10-14-13(15)9-11-17(14,16)12-7-5-4-6-8-12/h4-8H,2-3,9-11H2,1H3/t17-/m0/s1. The average Bonchev–Trinajstić information content (AvgIpc) is 2.65. The molecule has 1 heterocycles. The third-order valence-electron chi connectivity index (χ3n) is 3.19. The van der Waals surface area contributed by atoms with Crippen LogP contribution in [-0.4, -0.2) is 23.3 Å². The summed E-state index contributed by atoms with van der Waals surface area (Å²) in [5, 5.41) is 0.821. The highest BCUT2D eigenvalue weighted by Crippen LogP contribution is 2.53. The molecule has 1 aliphatic heterocycles. The number of benzene rings is 1. The van der Waals surface area contributed by atoms with Crippen LogP contribution in [-0.2, 0) is 9.36 Å². The summed E-state index contributed by atoms with van der Waals surface area (Å²) in [7, 11) is -2.63. The van der Waals surface area contributed by atoms with Gasteiger partial charge in [-0.05, 0) is 18.6 Å². The molecule has 0 aromatic heterocycles. The molecule has 0 spiro atoms. The Morgan fingerprint density at radius 3 is 2.65 bits per heavy atom. The molecule has 0 N–H and O–H groups in total. The Balaban J connectivity index is 2.29. The predicted molar refractivity (Wildman–Crippen MR) is 69.8 cm³/mol. The van der Waals surface area contributed by atoms with Gasteiger partial charge in [-0.3, -0.25) is 14.0 Å². The number of hydrogen-bond acceptors (Lipinski definition) is 2. The van der Waals surface area contributed by atoms with Crippen molar-refractivity contribution in [1.82, 2.24) is 4.67 Å². The van der Waals surface area contributed by atoms with Crippen molar-refractivity contribution in [2.45, 2.75) is 26.2 Å². The van der Waals surface area contributed by atoms with Crippen molar-refractivity contribution in [1.29, 1.82) is 0 Å². The third kappa shape index (κ3) is 2.30. The SMILES string of the molecule is CCCCN1C(=O)CC[P@]1(=O)c1ccccc1. The van der Waals surface area contributed by atoms with Gasteiger partial charge in [0.25, 0.3) is 0 Å². The van der Waals surface area contributed by atoms with Crippen molar-refractivity contribution in [3.05, 3.63) is 30.3 Å². The van der Waals surface area contributed by atoms with Gasteiger partial charge in [-0.25, -0.2) is 0 Å². The van der Waals surface area contributed by atoms with Crippen LogP contribution in [0.4, 0.5) is 0 Å². The average molecular weight is 251 g/mol. The number of unbranched alkanes of at least 4 members (excludes halogenated alkanes) is 1. The fourth-order valence-electron chi connectivity index (χ4n) is 2.20. The summed E-state index contributed by atoms with van der Waals surface area (Å²) < 4.78 is 14.6. The number of amides is 1. The third-order valence-corrected chi connectivity index (χ3v) is 6.33. The fraction of sp³-hybridized carbons (Fsp3) is 0.462. The highest BCUT2D eigenvalue weighted by Gasteiger charge is 2.41. The van der Waals surface area contributed by atoms with E-state index in [1.165, 1.54) is 0 Å². The molecule has 1 aliphatic rings. The molecule has 0 unspecified atom stereocenters. The van der Waals surface area contributed by atoms with Crippen molar-refractivity contribution >= 4 is 18.5 Å². The quantitative estimate of drug-likeness (QED) is 0.771. The minimum atomic E-state index is -2.63. The first kappa shape index (κ1) is 12.4. The number of rotatable bonds is 4. The van der Waals surface area contributed by atoms with E-state index in [-0.39, 0.29) is 5.91 Å². The monoisotopic (exact) mass is 251 g/mol. The number of hydrogen-bond donors (Lipinski definition) is 0. The molecule has 2 rings (SSSR count). The van der Waals surface area contributed by atoms with E-state index in [1.807, 2.05) is 30.3 Å². The maximum absolute atomic E-state index is 13.0. The van der Waals surface area contributed by atoms with Crippen LogP contribution in [0, 0.1) is 0 Å². The van der Waals surface area contributed by atoms with E-state index in [0.29, 0.717) is 19.1 Å². The molecule has 1 saturated heterocycles. The number of carbonyl (C=O) groups excluding carboxylic acids is 1. The molecule has 0 aliphatic carbocycles. The van der Waals surface area contributed by atoms with Gasteiger partial charge in [-0.2, -0.15) is 0 Å². The summed E-state index contributed by atoms with van der Waals surface area (Å²) in [6.45, 7) is 2.70. The second kappa shape index (κ2) is 5.05. The van der Waals surface area contributed by atoms with Crippen LogP contribution in [0.5, 0.6) is 0 Å². The molecule has 0 radical (unpaired) electrons. The molecular formula is C13H18NO2P. The smallest absolute Gasteiger partial charge is 0.228 e. The Bertz CT molecular complexity index is 444. The zero-order valence-corrected chi connectivity index (χ0v) is 11.0. The molecule has 1 aromatic carbocycles. The summed E-state index contributed by atoms with van der Waals surface area (Å²) in [5.74, 6) is 0.0469. The van der Waals surface area contributed by atoms with Gasteiger partial charge in [0.15, 0.2) is 0 Å². The van der Waals surface area contributed by atoms with Gasteiger partial charge in [-0.15, -0.1) is 0 Å². The van der Waals surface area contributed by atoms with E-state index in [1.54, 1.807) is 4.67 Å². The lowest BCUT2D eigenvalue weighted by Gasteiger charge is -2.25. The van der Waals surface area contributed by atoms with Crippen LogP contribution in [0.2, 0.25) is 0 Å². The number of carbonyl (C=O) groups is 1. The number of nitrogens with zero attached hydrogens (tertiary/aromatic N) is 1. The lowest BCUT2D eigenvalue weighted by atomic mass is 10.3. The summed E-state index contributed by atoms with van der Waals surface area (Å²) in [5.41, 5.74) is 0. The molecule has 3 nitrogen and oxygen atoms in total. The topological polar surface area (TPSA) is 37.4 Å². The zero-order chi connectivity index (χ0) is 12.3. The second-order valence-electron chi connectivity index (χ2n) is 4.38. The van der Waals surface area contributed by atoms with E-state index in [0.717, 1.165) is 18.1 Å². The highest BCUT2D eigenvalue weighted by molar-refractivity contribution is 7.70. The van der Waals surface area contributed by atoms with Gasteiger partial charge in [0.1, 0.15) is 0 Å². The van der Waals surface area contributed by atoms with Crippen molar-refractivity contribution in [3.8, 4) is 0 Å². The first-order valence-electron chi connectivity index (χ1n) is 6.14.